The molecule has 0 bridgehead atoms. The van der Waals surface area contributed by atoms with E-state index in [1.807, 2.05) is 42.5 Å². The van der Waals surface area contributed by atoms with Gasteiger partial charge in [-0.15, -0.1) is 0 Å². The molecular formula is C20H32O4. The number of allylic oxidation sites excluding steroid dienone is 6. The zero-order chi connectivity index (χ0) is 18.0. The van der Waals surface area contributed by atoms with Crippen molar-refractivity contribution in [3.8, 4) is 0 Å². The maximum atomic E-state index is 10.3. The van der Waals surface area contributed by atoms with E-state index in [4.69, 9.17) is 10.2 Å². The van der Waals surface area contributed by atoms with Gasteiger partial charge in [-0.05, 0) is 51.9 Å². The highest BCUT2D eigenvalue weighted by Gasteiger charge is 1.95. The molecule has 0 aliphatic carbocycles. The predicted molar refractivity (Wildman–Crippen MR) is 98.8 cm³/mol. The molecule has 24 heavy (non-hydrogen) atoms. The lowest BCUT2D eigenvalue weighted by atomic mass is 10.1. The molecule has 0 saturated heterocycles. The number of unbranched alkanes of at least 4 members (excludes halogenated alkanes) is 2. The van der Waals surface area contributed by atoms with Gasteiger partial charge in [-0.1, -0.05) is 48.6 Å². The number of carboxylic acid groups (broad SMARTS) is 1. The van der Waals surface area contributed by atoms with Gasteiger partial charge in [0.2, 0.25) is 0 Å². The van der Waals surface area contributed by atoms with E-state index >= 15 is 0 Å². The lowest BCUT2D eigenvalue weighted by Crippen LogP contribution is -1.99. The summed E-state index contributed by atoms with van der Waals surface area (Å²) in [6.45, 7) is 1.79. The first-order valence-corrected chi connectivity index (χ1v) is 8.73. The Morgan fingerprint density at radius 2 is 1.67 bits per heavy atom. The van der Waals surface area contributed by atoms with Crippen LogP contribution in [0.2, 0.25) is 0 Å². The molecule has 0 heterocycles. The fourth-order valence-electron chi connectivity index (χ4n) is 1.98. The Morgan fingerprint density at radius 3 is 2.38 bits per heavy atom. The number of carbonyl (C=O) groups is 1. The Kier molecular flexibility index (Phi) is 15.1. The zero-order valence-electron chi connectivity index (χ0n) is 14.7. The van der Waals surface area contributed by atoms with Crippen molar-refractivity contribution in [2.45, 2.75) is 70.5 Å². The average molecular weight is 336 g/mol. The second kappa shape index (κ2) is 16.2. The Bertz CT molecular complexity index is 419. The van der Waals surface area contributed by atoms with Crippen molar-refractivity contribution in [1.82, 2.24) is 0 Å². The van der Waals surface area contributed by atoms with Crippen LogP contribution in [0.25, 0.3) is 0 Å². The second-order valence-electron chi connectivity index (χ2n) is 5.86. The van der Waals surface area contributed by atoms with E-state index in [-0.39, 0.29) is 12.5 Å². The summed E-state index contributed by atoms with van der Waals surface area (Å²) < 4.78 is 0. The molecule has 0 aliphatic heterocycles. The van der Waals surface area contributed by atoms with Gasteiger partial charge in [-0.2, -0.15) is 0 Å². The number of hydrogen-bond acceptors (Lipinski definition) is 3. The van der Waals surface area contributed by atoms with Gasteiger partial charge in [0.1, 0.15) is 0 Å². The standard InChI is InChI=1S/C20H32O4/c1-18(21)14-10-8-9-12-16-19(22)15-11-6-4-2-3-5-7-13-17-20(23)24/h3-6,9,11-12,15,18-19,21-22H,2,7-8,10,13-14,16-17H2,1H3,(H,23,24). The summed E-state index contributed by atoms with van der Waals surface area (Å²) in [5.74, 6) is -0.749. The van der Waals surface area contributed by atoms with Gasteiger partial charge >= 0.3 is 5.97 Å². The molecule has 2 atom stereocenters. The molecule has 0 aliphatic rings. The summed E-state index contributed by atoms with van der Waals surface area (Å²) in [7, 11) is 0. The minimum atomic E-state index is -0.749. The first kappa shape index (κ1) is 22.4. The van der Waals surface area contributed by atoms with E-state index in [9.17, 15) is 9.90 Å². The molecule has 0 aromatic carbocycles. The van der Waals surface area contributed by atoms with Crippen molar-refractivity contribution < 1.29 is 20.1 Å². The molecule has 0 aromatic heterocycles. The minimum Gasteiger partial charge on any atom is -0.481 e. The van der Waals surface area contributed by atoms with Crippen molar-refractivity contribution in [2.75, 3.05) is 0 Å². The van der Waals surface area contributed by atoms with Gasteiger partial charge < -0.3 is 15.3 Å². The SMILES string of the molecule is CC(O)CCCC=CCC(O)C=CC=CCC=CCCCC(=O)O. The topological polar surface area (TPSA) is 77.8 Å². The van der Waals surface area contributed by atoms with Crippen molar-refractivity contribution in [2.24, 2.45) is 0 Å². The highest BCUT2D eigenvalue weighted by atomic mass is 16.4. The van der Waals surface area contributed by atoms with E-state index in [1.54, 1.807) is 13.0 Å². The van der Waals surface area contributed by atoms with Crippen molar-refractivity contribution in [1.29, 1.82) is 0 Å². The highest BCUT2D eigenvalue weighted by Crippen LogP contribution is 2.03. The molecule has 136 valence electrons. The zero-order valence-corrected chi connectivity index (χ0v) is 14.7. The first-order valence-electron chi connectivity index (χ1n) is 8.73. The summed E-state index contributed by atoms with van der Waals surface area (Å²) >= 11 is 0. The van der Waals surface area contributed by atoms with E-state index in [0.717, 1.165) is 32.1 Å². The fourth-order valence-corrected chi connectivity index (χ4v) is 1.98. The maximum Gasteiger partial charge on any atom is 0.303 e. The third kappa shape index (κ3) is 18.4. The van der Waals surface area contributed by atoms with Crippen LogP contribution < -0.4 is 0 Å². The van der Waals surface area contributed by atoms with Crippen LogP contribution in [0.4, 0.5) is 0 Å². The summed E-state index contributed by atoms with van der Waals surface area (Å²) in [5.41, 5.74) is 0. The number of aliphatic carboxylic acids is 1. The number of aliphatic hydroxyl groups is 2. The summed E-state index contributed by atoms with van der Waals surface area (Å²) in [5, 5.41) is 27.4. The number of carboxylic acids is 1. The van der Waals surface area contributed by atoms with Gasteiger partial charge in [0.25, 0.3) is 0 Å². The number of rotatable bonds is 14. The van der Waals surface area contributed by atoms with Gasteiger partial charge in [-0.25, -0.2) is 0 Å². The van der Waals surface area contributed by atoms with Crippen LogP contribution in [0, 0.1) is 0 Å². The molecule has 0 aromatic rings. The van der Waals surface area contributed by atoms with Gasteiger partial charge in [0.05, 0.1) is 12.2 Å². The average Bonchev–Trinajstić information content (AvgIpc) is 2.52. The quantitative estimate of drug-likeness (QED) is 0.253. The molecule has 0 saturated carbocycles. The van der Waals surface area contributed by atoms with Crippen LogP contribution in [-0.2, 0) is 4.79 Å². The minimum absolute atomic E-state index is 0.218. The molecule has 0 amide bonds. The van der Waals surface area contributed by atoms with Crippen LogP contribution >= 0.6 is 0 Å². The molecule has 4 heteroatoms. The van der Waals surface area contributed by atoms with E-state index in [2.05, 4.69) is 0 Å². The van der Waals surface area contributed by atoms with Crippen LogP contribution in [0.1, 0.15) is 58.3 Å². The largest absolute Gasteiger partial charge is 0.481 e. The third-order valence-corrected chi connectivity index (χ3v) is 3.32. The summed E-state index contributed by atoms with van der Waals surface area (Å²) in [6, 6.07) is 0. The fraction of sp³-hybridized carbons (Fsp3) is 0.550. The van der Waals surface area contributed by atoms with Crippen molar-refractivity contribution >= 4 is 5.97 Å². The third-order valence-electron chi connectivity index (χ3n) is 3.32. The lowest BCUT2D eigenvalue weighted by Gasteiger charge is -2.01. The van der Waals surface area contributed by atoms with E-state index < -0.39 is 12.1 Å². The molecule has 0 fully saturated rings. The summed E-state index contributed by atoms with van der Waals surface area (Å²) in [6.07, 6.45) is 20.6. The van der Waals surface area contributed by atoms with Crippen LogP contribution in [0.3, 0.4) is 0 Å². The maximum absolute atomic E-state index is 10.3. The smallest absolute Gasteiger partial charge is 0.303 e. The van der Waals surface area contributed by atoms with Crippen molar-refractivity contribution in [3.05, 3.63) is 48.6 Å². The second-order valence-corrected chi connectivity index (χ2v) is 5.86. The van der Waals surface area contributed by atoms with Crippen molar-refractivity contribution in [3.63, 3.8) is 0 Å². The van der Waals surface area contributed by atoms with E-state index in [1.165, 1.54) is 0 Å². The molecule has 0 radical (unpaired) electrons. The normalized spacial score (nSPS) is 15.1. The number of aliphatic hydroxyl groups excluding tert-OH is 2. The Balaban J connectivity index is 3.64. The molecular weight excluding hydrogens is 304 g/mol. The van der Waals surface area contributed by atoms with Crippen LogP contribution in [0.5, 0.6) is 0 Å². The molecule has 0 rings (SSSR count). The first-order chi connectivity index (χ1) is 11.5. The van der Waals surface area contributed by atoms with Gasteiger partial charge in [-0.3, -0.25) is 4.79 Å². The summed E-state index contributed by atoms with van der Waals surface area (Å²) in [4.78, 5) is 10.3. The monoisotopic (exact) mass is 336 g/mol. The molecule has 0 spiro atoms. The Hall–Kier alpha value is -1.65. The lowest BCUT2D eigenvalue weighted by molar-refractivity contribution is -0.137. The van der Waals surface area contributed by atoms with Gasteiger partial charge in [0.15, 0.2) is 0 Å². The molecule has 2 unspecified atom stereocenters. The number of hydrogen-bond donors (Lipinski definition) is 3. The highest BCUT2D eigenvalue weighted by molar-refractivity contribution is 5.66. The molecule has 3 N–H and O–H groups in total. The Labute approximate surface area is 145 Å². The van der Waals surface area contributed by atoms with Gasteiger partial charge in [0, 0.05) is 6.42 Å². The van der Waals surface area contributed by atoms with E-state index in [0.29, 0.717) is 12.8 Å². The Morgan fingerprint density at radius 1 is 0.958 bits per heavy atom. The molecule has 4 nitrogen and oxygen atoms in total. The van der Waals surface area contributed by atoms with Crippen LogP contribution in [-0.4, -0.2) is 33.5 Å². The predicted octanol–water partition coefficient (Wildman–Crippen LogP) is 4.16. The van der Waals surface area contributed by atoms with Crippen LogP contribution in [0.15, 0.2) is 48.6 Å².